The molecule has 2 rings (SSSR count). The minimum atomic E-state index is -0.516. The van der Waals surface area contributed by atoms with Gasteiger partial charge in [-0.2, -0.15) is 0 Å². The second-order valence-electron chi connectivity index (χ2n) is 5.76. The van der Waals surface area contributed by atoms with Crippen molar-refractivity contribution in [1.29, 1.82) is 0 Å². The van der Waals surface area contributed by atoms with E-state index in [1.165, 1.54) is 0 Å². The summed E-state index contributed by atoms with van der Waals surface area (Å²) in [6, 6.07) is 7.74. The molecule has 0 bridgehead atoms. The van der Waals surface area contributed by atoms with Gasteiger partial charge in [-0.25, -0.2) is 0 Å². The van der Waals surface area contributed by atoms with Gasteiger partial charge in [0.25, 0.3) is 0 Å². The highest BCUT2D eigenvalue weighted by atomic mass is 16.5. The fourth-order valence-electron chi connectivity index (χ4n) is 2.88. The number of para-hydroxylation sites is 1. The van der Waals surface area contributed by atoms with Crippen LogP contribution in [0.2, 0.25) is 0 Å². The van der Waals surface area contributed by atoms with Crippen LogP contribution in [0.15, 0.2) is 24.3 Å². The van der Waals surface area contributed by atoms with Gasteiger partial charge in [0, 0.05) is 31.9 Å². The second kappa shape index (κ2) is 8.37. The van der Waals surface area contributed by atoms with Crippen molar-refractivity contribution in [3.63, 3.8) is 0 Å². The van der Waals surface area contributed by atoms with Crippen LogP contribution in [-0.4, -0.2) is 50.0 Å². The molecule has 1 saturated heterocycles. The molecule has 1 heterocycles. The van der Waals surface area contributed by atoms with Gasteiger partial charge in [0.1, 0.15) is 5.75 Å². The number of rotatable bonds is 7. The summed E-state index contributed by atoms with van der Waals surface area (Å²) in [5.41, 5.74) is 0.873. The summed E-state index contributed by atoms with van der Waals surface area (Å²) in [5, 5.41) is 10.5. The predicted molar refractivity (Wildman–Crippen MR) is 83.6 cm³/mol. The number of likely N-dealkylation sites (N-methyl/N-ethyl adjacent to an activating group) is 1. The van der Waals surface area contributed by atoms with E-state index in [9.17, 15) is 5.11 Å². The van der Waals surface area contributed by atoms with Crippen molar-refractivity contribution in [2.75, 3.05) is 40.0 Å². The van der Waals surface area contributed by atoms with Crippen LogP contribution in [0.3, 0.4) is 0 Å². The van der Waals surface area contributed by atoms with Gasteiger partial charge in [-0.3, -0.25) is 0 Å². The van der Waals surface area contributed by atoms with Crippen molar-refractivity contribution >= 4 is 0 Å². The summed E-state index contributed by atoms with van der Waals surface area (Å²) < 4.78 is 11.0. The molecule has 0 radical (unpaired) electrons. The first-order chi connectivity index (χ1) is 10.2. The van der Waals surface area contributed by atoms with Crippen molar-refractivity contribution in [2.24, 2.45) is 5.92 Å². The largest absolute Gasteiger partial charge is 0.493 e. The van der Waals surface area contributed by atoms with Crippen molar-refractivity contribution < 1.29 is 14.6 Å². The third-order valence-electron chi connectivity index (χ3n) is 3.97. The maximum absolute atomic E-state index is 10.5. The second-order valence-corrected chi connectivity index (χ2v) is 5.76. The molecule has 4 heteroatoms. The molecular formula is C17H27NO3. The molecule has 0 aliphatic carbocycles. The molecule has 118 valence electrons. The maximum atomic E-state index is 10.5. The molecule has 1 aromatic rings. The molecule has 0 aromatic heterocycles. The summed E-state index contributed by atoms with van der Waals surface area (Å²) >= 11 is 0. The third kappa shape index (κ3) is 4.99. The molecule has 1 aliphatic heterocycles. The highest BCUT2D eigenvalue weighted by Crippen LogP contribution is 2.26. The van der Waals surface area contributed by atoms with Crippen molar-refractivity contribution in [2.45, 2.75) is 25.9 Å². The predicted octanol–water partition coefficient (Wildman–Crippen LogP) is 2.48. The van der Waals surface area contributed by atoms with Gasteiger partial charge >= 0.3 is 0 Å². The summed E-state index contributed by atoms with van der Waals surface area (Å²) in [6.45, 7) is 5.95. The zero-order valence-corrected chi connectivity index (χ0v) is 13.1. The molecule has 1 aromatic carbocycles. The van der Waals surface area contributed by atoms with Crippen LogP contribution >= 0.6 is 0 Å². The number of aliphatic hydroxyl groups is 1. The van der Waals surface area contributed by atoms with Crippen LogP contribution in [0.1, 0.15) is 31.4 Å². The van der Waals surface area contributed by atoms with E-state index < -0.39 is 6.10 Å². The van der Waals surface area contributed by atoms with E-state index in [1.54, 1.807) is 0 Å². The zero-order chi connectivity index (χ0) is 15.1. The van der Waals surface area contributed by atoms with Crippen LogP contribution in [-0.2, 0) is 4.74 Å². The quantitative estimate of drug-likeness (QED) is 0.838. The molecule has 1 aliphatic rings. The number of hydrogen-bond donors (Lipinski definition) is 1. The average Bonchev–Trinajstić information content (AvgIpc) is 2.49. The first kappa shape index (κ1) is 16.3. The van der Waals surface area contributed by atoms with E-state index in [0.717, 1.165) is 43.9 Å². The van der Waals surface area contributed by atoms with E-state index in [1.807, 2.05) is 31.2 Å². The van der Waals surface area contributed by atoms with Crippen LogP contribution in [0.25, 0.3) is 0 Å². The molecule has 1 atom stereocenters. The van der Waals surface area contributed by atoms with E-state index in [4.69, 9.17) is 9.47 Å². The van der Waals surface area contributed by atoms with Gasteiger partial charge < -0.3 is 19.5 Å². The molecular weight excluding hydrogens is 266 g/mol. The standard InChI is InChI=1S/C17H27NO3/c1-3-21-17-7-5-4-6-15(17)16(19)13-18(2)12-14-8-10-20-11-9-14/h4-7,14,16,19H,3,8-13H2,1-2H3. The third-order valence-corrected chi connectivity index (χ3v) is 3.97. The van der Waals surface area contributed by atoms with E-state index >= 15 is 0 Å². The Morgan fingerprint density at radius 2 is 2.05 bits per heavy atom. The fraction of sp³-hybridized carbons (Fsp3) is 0.647. The Kier molecular flexibility index (Phi) is 6.49. The summed E-state index contributed by atoms with van der Waals surface area (Å²) in [5.74, 6) is 1.46. The van der Waals surface area contributed by atoms with Crippen LogP contribution < -0.4 is 4.74 Å². The lowest BCUT2D eigenvalue weighted by Gasteiger charge is -2.28. The maximum Gasteiger partial charge on any atom is 0.125 e. The lowest BCUT2D eigenvalue weighted by atomic mass is 9.99. The van der Waals surface area contributed by atoms with Crippen LogP contribution in [0.5, 0.6) is 5.75 Å². The zero-order valence-electron chi connectivity index (χ0n) is 13.1. The van der Waals surface area contributed by atoms with Crippen molar-refractivity contribution in [1.82, 2.24) is 4.90 Å². The number of nitrogens with zero attached hydrogens (tertiary/aromatic N) is 1. The number of hydrogen-bond acceptors (Lipinski definition) is 4. The Morgan fingerprint density at radius 3 is 2.76 bits per heavy atom. The SMILES string of the molecule is CCOc1ccccc1C(O)CN(C)CC1CCOCC1. The van der Waals surface area contributed by atoms with Gasteiger partial charge in [0.05, 0.1) is 12.7 Å². The van der Waals surface area contributed by atoms with Gasteiger partial charge in [0.15, 0.2) is 0 Å². The first-order valence-electron chi connectivity index (χ1n) is 7.86. The molecule has 0 spiro atoms. The summed E-state index contributed by atoms with van der Waals surface area (Å²) in [6.07, 6.45) is 1.73. The Morgan fingerprint density at radius 1 is 1.33 bits per heavy atom. The Balaban J connectivity index is 1.89. The van der Waals surface area contributed by atoms with Gasteiger partial charge in [-0.15, -0.1) is 0 Å². The van der Waals surface area contributed by atoms with E-state index in [2.05, 4.69) is 11.9 Å². The Labute approximate surface area is 127 Å². The Hall–Kier alpha value is -1.10. The highest BCUT2D eigenvalue weighted by Gasteiger charge is 2.19. The molecule has 0 saturated carbocycles. The van der Waals surface area contributed by atoms with Crippen LogP contribution in [0.4, 0.5) is 0 Å². The summed E-state index contributed by atoms with van der Waals surface area (Å²) in [7, 11) is 2.07. The molecule has 21 heavy (non-hydrogen) atoms. The molecule has 1 fully saturated rings. The molecule has 1 unspecified atom stereocenters. The lowest BCUT2D eigenvalue weighted by Crippen LogP contribution is -2.32. The minimum Gasteiger partial charge on any atom is -0.493 e. The lowest BCUT2D eigenvalue weighted by molar-refractivity contribution is 0.0475. The monoisotopic (exact) mass is 293 g/mol. The Bertz CT molecular complexity index is 418. The topological polar surface area (TPSA) is 41.9 Å². The van der Waals surface area contributed by atoms with Crippen molar-refractivity contribution in [3.05, 3.63) is 29.8 Å². The highest BCUT2D eigenvalue weighted by molar-refractivity contribution is 5.35. The molecule has 0 amide bonds. The number of aliphatic hydroxyl groups excluding tert-OH is 1. The van der Waals surface area contributed by atoms with Crippen molar-refractivity contribution in [3.8, 4) is 5.75 Å². The fourth-order valence-corrected chi connectivity index (χ4v) is 2.88. The van der Waals surface area contributed by atoms with Gasteiger partial charge in [-0.1, -0.05) is 18.2 Å². The number of ether oxygens (including phenoxy) is 2. The smallest absolute Gasteiger partial charge is 0.125 e. The van der Waals surface area contributed by atoms with E-state index in [-0.39, 0.29) is 0 Å². The van der Waals surface area contributed by atoms with Gasteiger partial charge in [0.2, 0.25) is 0 Å². The normalized spacial score (nSPS) is 17.9. The number of benzene rings is 1. The average molecular weight is 293 g/mol. The summed E-state index contributed by atoms with van der Waals surface area (Å²) in [4.78, 5) is 2.21. The van der Waals surface area contributed by atoms with E-state index in [0.29, 0.717) is 19.1 Å². The molecule has 4 nitrogen and oxygen atoms in total. The minimum absolute atomic E-state index is 0.516. The van der Waals surface area contributed by atoms with Gasteiger partial charge in [-0.05, 0) is 38.8 Å². The van der Waals surface area contributed by atoms with Crippen LogP contribution in [0, 0.1) is 5.92 Å². The molecule has 1 N–H and O–H groups in total. The first-order valence-corrected chi connectivity index (χ1v) is 7.86.